The van der Waals surface area contributed by atoms with E-state index >= 15 is 0 Å². The highest BCUT2D eigenvalue weighted by atomic mass is 16.5. The molecule has 1 N–H and O–H groups in total. The largest absolute Gasteiger partial charge is 0.393 e. The number of hydrogen-bond donors (Lipinski definition) is 1. The molecule has 0 heterocycles. The van der Waals surface area contributed by atoms with E-state index in [1.807, 2.05) is 6.92 Å². The Morgan fingerprint density at radius 3 is 2.70 bits per heavy atom. The first-order valence-corrected chi connectivity index (χ1v) is 3.52. The molecule has 0 spiro atoms. The molecule has 0 amide bonds. The Morgan fingerprint density at radius 1 is 1.70 bits per heavy atom. The van der Waals surface area contributed by atoms with Gasteiger partial charge in [-0.25, -0.2) is 0 Å². The van der Waals surface area contributed by atoms with Gasteiger partial charge in [-0.3, -0.25) is 0 Å². The highest BCUT2D eigenvalue weighted by molar-refractivity contribution is 4.73. The number of aliphatic hydroxyl groups is 1. The Hall–Kier alpha value is -0.340. The van der Waals surface area contributed by atoms with Crippen molar-refractivity contribution in [2.24, 2.45) is 0 Å². The van der Waals surface area contributed by atoms with E-state index in [2.05, 4.69) is 6.58 Å². The van der Waals surface area contributed by atoms with Crippen molar-refractivity contribution in [3.8, 4) is 0 Å². The van der Waals surface area contributed by atoms with Crippen LogP contribution in [0.5, 0.6) is 0 Å². The van der Waals surface area contributed by atoms with E-state index in [-0.39, 0.29) is 12.2 Å². The van der Waals surface area contributed by atoms with Gasteiger partial charge in [0.15, 0.2) is 0 Å². The van der Waals surface area contributed by atoms with Gasteiger partial charge in [0.25, 0.3) is 0 Å². The Balaban J connectivity index is 3.35. The summed E-state index contributed by atoms with van der Waals surface area (Å²) in [4.78, 5) is 0. The lowest BCUT2D eigenvalue weighted by atomic mass is 10.1. The summed E-state index contributed by atoms with van der Waals surface area (Å²) >= 11 is 0. The fourth-order valence-corrected chi connectivity index (χ4v) is 0.768. The normalized spacial score (nSPS) is 16.3. The van der Waals surface area contributed by atoms with E-state index in [0.717, 1.165) is 0 Å². The van der Waals surface area contributed by atoms with E-state index in [4.69, 9.17) is 4.74 Å². The van der Waals surface area contributed by atoms with Crippen LogP contribution in [-0.4, -0.2) is 24.4 Å². The zero-order valence-corrected chi connectivity index (χ0v) is 6.71. The molecule has 0 radical (unpaired) electrons. The van der Waals surface area contributed by atoms with Crippen molar-refractivity contribution in [3.63, 3.8) is 0 Å². The molecule has 60 valence electrons. The van der Waals surface area contributed by atoms with Crippen LogP contribution in [0.4, 0.5) is 0 Å². The lowest BCUT2D eigenvalue weighted by Crippen LogP contribution is -2.15. The quantitative estimate of drug-likeness (QED) is 0.590. The monoisotopic (exact) mass is 144 g/mol. The lowest BCUT2D eigenvalue weighted by Gasteiger charge is -2.12. The van der Waals surface area contributed by atoms with Gasteiger partial charge in [-0.15, -0.1) is 6.58 Å². The molecule has 0 aromatic heterocycles. The molecular weight excluding hydrogens is 128 g/mol. The number of aliphatic hydroxyl groups excluding tert-OH is 1. The molecule has 10 heavy (non-hydrogen) atoms. The number of hydrogen-bond acceptors (Lipinski definition) is 2. The highest BCUT2D eigenvalue weighted by Crippen LogP contribution is 2.04. The first kappa shape index (κ1) is 9.66. The summed E-state index contributed by atoms with van der Waals surface area (Å²) in [6, 6.07) is 0. The summed E-state index contributed by atoms with van der Waals surface area (Å²) in [6.07, 6.45) is 2.88. The second-order valence-electron chi connectivity index (χ2n) is 2.46. The van der Waals surface area contributed by atoms with Gasteiger partial charge in [0.2, 0.25) is 0 Å². The molecule has 0 fully saturated rings. The molecule has 2 nitrogen and oxygen atoms in total. The van der Waals surface area contributed by atoms with Crippen molar-refractivity contribution in [3.05, 3.63) is 12.7 Å². The first-order valence-electron chi connectivity index (χ1n) is 3.52. The first-order chi connectivity index (χ1) is 4.70. The summed E-state index contributed by atoms with van der Waals surface area (Å²) in [5.74, 6) is 0. The van der Waals surface area contributed by atoms with E-state index in [9.17, 15) is 5.11 Å². The van der Waals surface area contributed by atoms with Crippen LogP contribution in [0, 0.1) is 0 Å². The molecule has 0 aromatic rings. The van der Waals surface area contributed by atoms with Crippen molar-refractivity contribution >= 4 is 0 Å². The minimum atomic E-state index is -0.299. The molecule has 0 aliphatic heterocycles. The average Bonchev–Trinajstić information content (AvgIpc) is 1.88. The van der Waals surface area contributed by atoms with Crippen molar-refractivity contribution < 1.29 is 9.84 Å². The number of ether oxygens (including phenoxy) is 1. The Bertz CT molecular complexity index is 91.3. The van der Waals surface area contributed by atoms with Gasteiger partial charge in [-0.1, -0.05) is 6.08 Å². The molecule has 0 aliphatic carbocycles. The maximum Gasteiger partial charge on any atom is 0.0599 e. The Labute approximate surface area is 62.5 Å². The molecule has 0 saturated carbocycles. The minimum absolute atomic E-state index is 0.134. The average molecular weight is 144 g/mol. The predicted octanol–water partition coefficient (Wildman–Crippen LogP) is 1.35. The third-order valence-corrected chi connectivity index (χ3v) is 1.45. The topological polar surface area (TPSA) is 29.5 Å². The maximum absolute atomic E-state index is 9.20. The van der Waals surface area contributed by atoms with Gasteiger partial charge in [-0.2, -0.15) is 0 Å². The van der Waals surface area contributed by atoms with E-state index in [1.54, 1.807) is 13.2 Å². The van der Waals surface area contributed by atoms with Crippen LogP contribution in [-0.2, 0) is 4.74 Å². The third-order valence-electron chi connectivity index (χ3n) is 1.45. The van der Waals surface area contributed by atoms with Crippen LogP contribution in [0.3, 0.4) is 0 Å². The van der Waals surface area contributed by atoms with Crippen LogP contribution in [0.25, 0.3) is 0 Å². The van der Waals surface area contributed by atoms with Gasteiger partial charge >= 0.3 is 0 Å². The van der Waals surface area contributed by atoms with E-state index < -0.39 is 0 Å². The second-order valence-corrected chi connectivity index (χ2v) is 2.46. The Kier molecular flexibility index (Phi) is 5.26. The van der Waals surface area contributed by atoms with Gasteiger partial charge in [0.1, 0.15) is 0 Å². The van der Waals surface area contributed by atoms with Gasteiger partial charge < -0.3 is 9.84 Å². The molecule has 2 unspecified atom stereocenters. The van der Waals surface area contributed by atoms with Crippen molar-refractivity contribution in [1.82, 2.24) is 0 Å². The summed E-state index contributed by atoms with van der Waals surface area (Å²) in [6.45, 7) is 5.47. The summed E-state index contributed by atoms with van der Waals surface area (Å²) in [7, 11) is 1.64. The van der Waals surface area contributed by atoms with Crippen LogP contribution in [0.1, 0.15) is 19.8 Å². The van der Waals surface area contributed by atoms with Crippen molar-refractivity contribution in [1.29, 1.82) is 0 Å². The fraction of sp³-hybridized carbons (Fsp3) is 0.750. The van der Waals surface area contributed by atoms with E-state index in [0.29, 0.717) is 12.8 Å². The lowest BCUT2D eigenvalue weighted by molar-refractivity contribution is 0.0576. The van der Waals surface area contributed by atoms with Crippen LogP contribution in [0.15, 0.2) is 12.7 Å². The standard InChI is InChI=1S/C8H16O2/c1-4-5-8(9)6-7(2)10-3/h4,7-9H,1,5-6H2,2-3H3. The predicted molar refractivity (Wildman–Crippen MR) is 41.9 cm³/mol. The second kappa shape index (κ2) is 5.45. The molecule has 2 heteroatoms. The maximum atomic E-state index is 9.20. The molecular formula is C8H16O2. The number of rotatable bonds is 5. The molecule has 2 atom stereocenters. The van der Waals surface area contributed by atoms with Gasteiger partial charge in [0, 0.05) is 7.11 Å². The molecule has 0 saturated heterocycles. The SMILES string of the molecule is C=CCC(O)CC(C)OC. The summed E-state index contributed by atoms with van der Waals surface area (Å²) in [5.41, 5.74) is 0. The zero-order valence-electron chi connectivity index (χ0n) is 6.71. The summed E-state index contributed by atoms with van der Waals surface area (Å²) in [5, 5.41) is 9.20. The molecule has 0 bridgehead atoms. The molecule has 0 aromatic carbocycles. The van der Waals surface area contributed by atoms with Gasteiger partial charge in [0.05, 0.1) is 12.2 Å². The van der Waals surface area contributed by atoms with Crippen LogP contribution >= 0.6 is 0 Å². The van der Waals surface area contributed by atoms with Crippen LogP contribution < -0.4 is 0 Å². The summed E-state index contributed by atoms with van der Waals surface area (Å²) < 4.78 is 4.97. The zero-order chi connectivity index (χ0) is 7.98. The molecule has 0 rings (SSSR count). The Morgan fingerprint density at radius 2 is 2.30 bits per heavy atom. The third kappa shape index (κ3) is 4.53. The molecule has 0 aliphatic rings. The van der Waals surface area contributed by atoms with E-state index in [1.165, 1.54) is 0 Å². The van der Waals surface area contributed by atoms with Crippen LogP contribution in [0.2, 0.25) is 0 Å². The smallest absolute Gasteiger partial charge is 0.0599 e. The fourth-order valence-electron chi connectivity index (χ4n) is 0.768. The van der Waals surface area contributed by atoms with Crippen molar-refractivity contribution in [2.75, 3.05) is 7.11 Å². The van der Waals surface area contributed by atoms with Gasteiger partial charge in [-0.05, 0) is 19.8 Å². The highest BCUT2D eigenvalue weighted by Gasteiger charge is 2.06. The number of methoxy groups -OCH3 is 1. The van der Waals surface area contributed by atoms with Crippen molar-refractivity contribution in [2.45, 2.75) is 32.0 Å². The minimum Gasteiger partial charge on any atom is -0.393 e.